The third-order valence-electron chi connectivity index (χ3n) is 2.85. The maximum Gasteiger partial charge on any atom is 0.0710 e. The fraction of sp³-hybridized carbons (Fsp3) is 1.00. The van der Waals surface area contributed by atoms with Gasteiger partial charge in [-0.05, 0) is 25.2 Å². The molecule has 3 unspecified atom stereocenters. The molecule has 1 aliphatic heterocycles. The second kappa shape index (κ2) is 4.21. The molecule has 0 aromatic rings. The zero-order chi connectivity index (χ0) is 9.14. The summed E-state index contributed by atoms with van der Waals surface area (Å²) in [4.78, 5) is 0. The smallest absolute Gasteiger partial charge is 0.0710 e. The Morgan fingerprint density at radius 2 is 2.00 bits per heavy atom. The van der Waals surface area contributed by atoms with E-state index in [9.17, 15) is 0 Å². The van der Waals surface area contributed by atoms with E-state index in [1.807, 2.05) is 13.8 Å². The topological polar surface area (TPSA) is 41.3 Å². The fourth-order valence-corrected chi connectivity index (χ4v) is 2.12. The maximum absolute atomic E-state index is 5.85. The highest BCUT2D eigenvalue weighted by molar-refractivity contribution is 4.89. The Balaban J connectivity index is 0.000000336. The molecule has 0 amide bonds. The summed E-state index contributed by atoms with van der Waals surface area (Å²) in [5, 5.41) is 2.17. The molecule has 3 atom stereocenters. The second-order valence-corrected chi connectivity index (χ2v) is 3.49. The lowest BCUT2D eigenvalue weighted by Crippen LogP contribution is -2.56. The monoisotopic (exact) mass is 171 g/mol. The first-order valence-electron chi connectivity index (χ1n) is 5.02. The molecule has 3 heteroatoms. The van der Waals surface area contributed by atoms with E-state index >= 15 is 0 Å². The van der Waals surface area contributed by atoms with Crippen molar-refractivity contribution in [1.82, 2.24) is 10.4 Å². The van der Waals surface area contributed by atoms with Gasteiger partial charge in [0.2, 0.25) is 0 Å². The predicted octanol–water partition coefficient (Wildman–Crippen LogP) is 0.916. The van der Waals surface area contributed by atoms with Gasteiger partial charge in [-0.2, -0.15) is 0 Å². The summed E-state index contributed by atoms with van der Waals surface area (Å²) in [5.41, 5.74) is 9.11. The summed E-state index contributed by atoms with van der Waals surface area (Å²) >= 11 is 0. The summed E-state index contributed by atoms with van der Waals surface area (Å²) in [6.07, 6.45) is 4.14. The van der Waals surface area contributed by atoms with Crippen LogP contribution in [0.5, 0.6) is 0 Å². The fourth-order valence-electron chi connectivity index (χ4n) is 2.12. The molecule has 2 fully saturated rings. The van der Waals surface area contributed by atoms with Gasteiger partial charge in [-0.25, -0.2) is 10.4 Å². The summed E-state index contributed by atoms with van der Waals surface area (Å²) < 4.78 is 0. The van der Waals surface area contributed by atoms with Crippen LogP contribution >= 0.6 is 0 Å². The molecule has 3 nitrogen and oxygen atoms in total. The van der Waals surface area contributed by atoms with Crippen LogP contribution < -0.4 is 11.2 Å². The molecular formula is C9H21N3. The van der Waals surface area contributed by atoms with E-state index in [1.165, 1.54) is 19.3 Å². The summed E-state index contributed by atoms with van der Waals surface area (Å²) in [6, 6.07) is 0.754. The van der Waals surface area contributed by atoms with E-state index in [4.69, 9.17) is 5.73 Å². The van der Waals surface area contributed by atoms with Crippen molar-refractivity contribution in [2.45, 2.75) is 45.3 Å². The Morgan fingerprint density at radius 3 is 2.67 bits per heavy atom. The van der Waals surface area contributed by atoms with Crippen molar-refractivity contribution >= 4 is 0 Å². The molecule has 0 aromatic carbocycles. The van der Waals surface area contributed by atoms with Gasteiger partial charge in [0, 0.05) is 13.1 Å². The van der Waals surface area contributed by atoms with Crippen LogP contribution in [-0.2, 0) is 0 Å². The van der Waals surface area contributed by atoms with Crippen molar-refractivity contribution in [3.05, 3.63) is 0 Å². The molecule has 0 aromatic heterocycles. The SMILES string of the molecule is CC.CN1NC(N)C2CCC1C2. The number of hydrogen-bond donors (Lipinski definition) is 2. The normalized spacial score (nSPS) is 40.5. The van der Waals surface area contributed by atoms with Crippen molar-refractivity contribution in [1.29, 1.82) is 0 Å². The van der Waals surface area contributed by atoms with E-state index in [0.29, 0.717) is 0 Å². The van der Waals surface area contributed by atoms with Crippen LogP contribution in [0.4, 0.5) is 0 Å². The van der Waals surface area contributed by atoms with Crippen LogP contribution in [0.2, 0.25) is 0 Å². The second-order valence-electron chi connectivity index (χ2n) is 3.49. The molecule has 1 saturated heterocycles. The molecule has 2 bridgehead atoms. The third-order valence-corrected chi connectivity index (χ3v) is 2.85. The average molecular weight is 171 g/mol. The van der Waals surface area contributed by atoms with Crippen LogP contribution in [0.3, 0.4) is 0 Å². The van der Waals surface area contributed by atoms with Crippen LogP contribution in [0.15, 0.2) is 0 Å². The number of nitrogens with one attached hydrogen (secondary N) is 1. The minimum Gasteiger partial charge on any atom is -0.315 e. The molecule has 2 rings (SSSR count). The first-order valence-corrected chi connectivity index (χ1v) is 5.02. The molecule has 1 aliphatic carbocycles. The van der Waals surface area contributed by atoms with Crippen LogP contribution in [0.1, 0.15) is 33.1 Å². The largest absolute Gasteiger partial charge is 0.315 e. The minimum absolute atomic E-state index is 0.212. The van der Waals surface area contributed by atoms with E-state index in [-0.39, 0.29) is 6.17 Å². The Morgan fingerprint density at radius 1 is 1.33 bits per heavy atom. The van der Waals surface area contributed by atoms with Crippen LogP contribution in [0.25, 0.3) is 0 Å². The Labute approximate surface area is 75.3 Å². The molecule has 0 spiro atoms. The van der Waals surface area contributed by atoms with E-state index in [2.05, 4.69) is 17.5 Å². The molecule has 12 heavy (non-hydrogen) atoms. The van der Waals surface area contributed by atoms with Crippen molar-refractivity contribution in [2.75, 3.05) is 7.05 Å². The number of nitrogens with two attached hydrogens (primary N) is 1. The first kappa shape index (κ1) is 9.96. The zero-order valence-corrected chi connectivity index (χ0v) is 8.38. The predicted molar refractivity (Wildman–Crippen MR) is 51.4 cm³/mol. The molecule has 1 heterocycles. The van der Waals surface area contributed by atoms with Crippen molar-refractivity contribution < 1.29 is 0 Å². The summed E-state index contributed by atoms with van der Waals surface area (Å²) in [6.45, 7) is 4.00. The lowest BCUT2D eigenvalue weighted by atomic mass is 10.0. The van der Waals surface area contributed by atoms with Crippen molar-refractivity contribution in [3.8, 4) is 0 Å². The molecule has 1 saturated carbocycles. The van der Waals surface area contributed by atoms with Gasteiger partial charge in [0.25, 0.3) is 0 Å². The number of fused-ring (bicyclic) bond motifs is 2. The summed E-state index contributed by atoms with van der Waals surface area (Å²) in [5.74, 6) is 0.737. The lowest BCUT2D eigenvalue weighted by Gasteiger charge is -2.35. The highest BCUT2D eigenvalue weighted by Gasteiger charge is 2.36. The number of nitrogens with zero attached hydrogens (tertiary/aromatic N) is 1. The highest BCUT2D eigenvalue weighted by atomic mass is 15.5. The number of rotatable bonds is 0. The number of hydrogen-bond acceptors (Lipinski definition) is 3. The van der Waals surface area contributed by atoms with Gasteiger partial charge >= 0.3 is 0 Å². The van der Waals surface area contributed by atoms with Gasteiger partial charge in [-0.1, -0.05) is 13.8 Å². The molecule has 72 valence electrons. The standard InChI is InChI=1S/C7H15N3.C2H6/c1-10-6-3-2-5(4-6)7(8)9-10;1-2/h5-7,9H,2-4,8H2,1H3;1-2H3. The van der Waals surface area contributed by atoms with Gasteiger partial charge in [0.15, 0.2) is 0 Å². The molecule has 2 aliphatic rings. The Hall–Kier alpha value is -0.120. The van der Waals surface area contributed by atoms with E-state index < -0.39 is 0 Å². The van der Waals surface area contributed by atoms with Crippen LogP contribution in [0, 0.1) is 5.92 Å². The van der Waals surface area contributed by atoms with Gasteiger partial charge in [0.05, 0.1) is 6.17 Å². The summed E-state index contributed by atoms with van der Waals surface area (Å²) in [7, 11) is 2.09. The van der Waals surface area contributed by atoms with Gasteiger partial charge in [-0.15, -0.1) is 0 Å². The maximum atomic E-state index is 5.85. The lowest BCUT2D eigenvalue weighted by molar-refractivity contribution is 0.0846. The Kier molecular flexibility index (Phi) is 3.50. The zero-order valence-electron chi connectivity index (χ0n) is 8.38. The molecule has 0 radical (unpaired) electrons. The minimum atomic E-state index is 0.212. The number of hydrazine groups is 1. The first-order chi connectivity index (χ1) is 5.77. The molecular weight excluding hydrogens is 150 g/mol. The van der Waals surface area contributed by atoms with Crippen molar-refractivity contribution in [3.63, 3.8) is 0 Å². The van der Waals surface area contributed by atoms with Gasteiger partial charge in [0.1, 0.15) is 0 Å². The third kappa shape index (κ3) is 1.79. The Bertz CT molecular complexity index is 124. The average Bonchev–Trinajstić information content (AvgIpc) is 2.51. The van der Waals surface area contributed by atoms with Crippen LogP contribution in [-0.4, -0.2) is 24.3 Å². The molecule has 3 N–H and O–H groups in total. The van der Waals surface area contributed by atoms with E-state index in [1.54, 1.807) is 0 Å². The quantitative estimate of drug-likeness (QED) is 0.569. The van der Waals surface area contributed by atoms with Crippen molar-refractivity contribution in [2.24, 2.45) is 11.7 Å². The van der Waals surface area contributed by atoms with Gasteiger partial charge in [-0.3, -0.25) is 0 Å². The van der Waals surface area contributed by atoms with Gasteiger partial charge < -0.3 is 5.73 Å². The highest BCUT2D eigenvalue weighted by Crippen LogP contribution is 2.32. The van der Waals surface area contributed by atoms with E-state index in [0.717, 1.165) is 12.0 Å².